The molecule has 0 fully saturated rings. The van der Waals surface area contributed by atoms with Crippen LogP contribution in [-0.4, -0.2) is 32.5 Å². The minimum absolute atomic E-state index is 0.306. The average Bonchev–Trinajstić information content (AvgIpc) is 2.39. The standard InChI is InChI=1S/C12H14N4O3S/c1-16(2)10-3-5-13-7-9(10)15-20(18,19)12-8-14-6-4-11(12)17/h3-8,15H,1-2H3,(H,14,17). The minimum Gasteiger partial charge on any atom is -0.376 e. The van der Waals surface area contributed by atoms with Crippen molar-refractivity contribution >= 4 is 21.4 Å². The summed E-state index contributed by atoms with van der Waals surface area (Å²) in [4.78, 5) is 19.5. The molecule has 2 rings (SSSR count). The lowest BCUT2D eigenvalue weighted by molar-refractivity contribution is 0.600. The lowest BCUT2D eigenvalue weighted by Gasteiger charge is -2.17. The zero-order chi connectivity index (χ0) is 14.8. The van der Waals surface area contributed by atoms with Gasteiger partial charge >= 0.3 is 0 Å². The summed E-state index contributed by atoms with van der Waals surface area (Å²) in [5.74, 6) is 0. The third-order valence-corrected chi connectivity index (χ3v) is 3.99. The van der Waals surface area contributed by atoms with Gasteiger partial charge in [-0.1, -0.05) is 0 Å². The Labute approximate surface area is 116 Å². The van der Waals surface area contributed by atoms with Gasteiger partial charge < -0.3 is 9.88 Å². The van der Waals surface area contributed by atoms with Gasteiger partial charge in [0.05, 0.1) is 17.6 Å². The second-order valence-electron chi connectivity index (χ2n) is 4.27. The third kappa shape index (κ3) is 2.80. The quantitative estimate of drug-likeness (QED) is 0.862. The van der Waals surface area contributed by atoms with Crippen molar-refractivity contribution in [1.82, 2.24) is 9.97 Å². The smallest absolute Gasteiger partial charge is 0.267 e. The Bertz CT molecular complexity index is 768. The maximum absolute atomic E-state index is 12.2. The molecule has 0 saturated carbocycles. The molecule has 0 atom stereocenters. The summed E-state index contributed by atoms with van der Waals surface area (Å²) >= 11 is 0. The summed E-state index contributed by atoms with van der Waals surface area (Å²) in [6.45, 7) is 0. The molecule has 2 heterocycles. The molecule has 2 N–H and O–H groups in total. The Morgan fingerprint density at radius 2 is 2.05 bits per heavy atom. The molecule has 0 spiro atoms. The van der Waals surface area contributed by atoms with E-state index in [0.717, 1.165) is 12.3 Å². The van der Waals surface area contributed by atoms with E-state index in [-0.39, 0.29) is 4.90 Å². The van der Waals surface area contributed by atoms with Crippen LogP contribution in [0.25, 0.3) is 0 Å². The van der Waals surface area contributed by atoms with Crippen LogP contribution in [0, 0.1) is 0 Å². The highest BCUT2D eigenvalue weighted by Crippen LogP contribution is 2.24. The molecule has 0 bridgehead atoms. The highest BCUT2D eigenvalue weighted by atomic mass is 32.2. The molecule has 2 aromatic heterocycles. The van der Waals surface area contributed by atoms with Gasteiger partial charge in [-0.15, -0.1) is 0 Å². The molecule has 0 radical (unpaired) electrons. The third-order valence-electron chi connectivity index (χ3n) is 2.60. The number of hydrogen-bond acceptors (Lipinski definition) is 5. The molecule has 0 aliphatic rings. The monoisotopic (exact) mass is 294 g/mol. The maximum atomic E-state index is 12.2. The Kier molecular flexibility index (Phi) is 3.75. The predicted molar refractivity (Wildman–Crippen MR) is 76.4 cm³/mol. The van der Waals surface area contributed by atoms with Gasteiger partial charge in [0.1, 0.15) is 0 Å². The van der Waals surface area contributed by atoms with Gasteiger partial charge in [0.2, 0.25) is 5.43 Å². The normalized spacial score (nSPS) is 11.1. The topological polar surface area (TPSA) is 95.2 Å². The number of sulfonamides is 1. The molecule has 0 aliphatic carbocycles. The van der Waals surface area contributed by atoms with E-state index in [0.29, 0.717) is 11.4 Å². The van der Waals surface area contributed by atoms with E-state index in [1.165, 1.54) is 12.4 Å². The number of aromatic amines is 1. The first-order valence-corrected chi connectivity index (χ1v) is 7.21. The van der Waals surface area contributed by atoms with Crippen LogP contribution in [-0.2, 0) is 10.0 Å². The van der Waals surface area contributed by atoms with E-state index in [1.807, 2.05) is 0 Å². The average molecular weight is 294 g/mol. The zero-order valence-corrected chi connectivity index (χ0v) is 11.8. The Hall–Kier alpha value is -2.35. The van der Waals surface area contributed by atoms with Crippen LogP contribution in [0.4, 0.5) is 11.4 Å². The van der Waals surface area contributed by atoms with Crippen LogP contribution in [0.15, 0.2) is 46.6 Å². The molecule has 0 aromatic carbocycles. The zero-order valence-electron chi connectivity index (χ0n) is 11.0. The molecule has 7 nitrogen and oxygen atoms in total. The summed E-state index contributed by atoms with van der Waals surface area (Å²) in [6, 6.07) is 2.83. The number of nitrogens with one attached hydrogen (secondary N) is 2. The summed E-state index contributed by atoms with van der Waals surface area (Å²) in [5, 5.41) is 0. The van der Waals surface area contributed by atoms with Crippen molar-refractivity contribution in [3.05, 3.63) is 47.1 Å². The van der Waals surface area contributed by atoms with Crippen molar-refractivity contribution in [3.63, 3.8) is 0 Å². The molecule has 0 aliphatic heterocycles. The van der Waals surface area contributed by atoms with Crippen molar-refractivity contribution in [1.29, 1.82) is 0 Å². The highest BCUT2D eigenvalue weighted by molar-refractivity contribution is 7.92. The first kappa shape index (κ1) is 14.1. The lowest BCUT2D eigenvalue weighted by atomic mass is 10.3. The van der Waals surface area contributed by atoms with Gasteiger partial charge in [0.15, 0.2) is 4.90 Å². The largest absolute Gasteiger partial charge is 0.376 e. The second-order valence-corrected chi connectivity index (χ2v) is 5.92. The van der Waals surface area contributed by atoms with Crippen LogP contribution in [0.5, 0.6) is 0 Å². The van der Waals surface area contributed by atoms with Gasteiger partial charge in [-0.05, 0) is 6.07 Å². The van der Waals surface area contributed by atoms with E-state index in [4.69, 9.17) is 0 Å². The maximum Gasteiger partial charge on any atom is 0.267 e. The van der Waals surface area contributed by atoms with Crippen molar-refractivity contribution < 1.29 is 8.42 Å². The highest BCUT2D eigenvalue weighted by Gasteiger charge is 2.19. The number of H-pyrrole nitrogens is 1. The molecule has 0 saturated heterocycles. The molecule has 8 heteroatoms. The molecular weight excluding hydrogens is 280 g/mol. The summed E-state index contributed by atoms with van der Waals surface area (Å²) in [6.07, 6.45) is 5.47. The lowest BCUT2D eigenvalue weighted by Crippen LogP contribution is -2.22. The van der Waals surface area contributed by atoms with Crippen molar-refractivity contribution in [2.24, 2.45) is 0 Å². The second kappa shape index (κ2) is 5.33. The van der Waals surface area contributed by atoms with E-state index in [1.54, 1.807) is 31.3 Å². The SMILES string of the molecule is CN(C)c1ccncc1NS(=O)(=O)c1c[nH]ccc1=O. The number of rotatable bonds is 4. The molecule has 0 unspecified atom stereocenters. The molecule has 106 valence electrons. The van der Waals surface area contributed by atoms with Crippen LogP contribution in [0.2, 0.25) is 0 Å². The van der Waals surface area contributed by atoms with Crippen molar-refractivity contribution in [3.8, 4) is 0 Å². The number of anilines is 2. The van der Waals surface area contributed by atoms with E-state index in [9.17, 15) is 13.2 Å². The van der Waals surface area contributed by atoms with E-state index in [2.05, 4.69) is 14.7 Å². The van der Waals surface area contributed by atoms with Gasteiger partial charge in [0.25, 0.3) is 10.0 Å². The Balaban J connectivity index is 2.45. The van der Waals surface area contributed by atoms with Gasteiger partial charge in [-0.25, -0.2) is 8.42 Å². The number of pyridine rings is 2. The fourth-order valence-electron chi connectivity index (χ4n) is 1.67. The van der Waals surface area contributed by atoms with Crippen LogP contribution in [0.3, 0.4) is 0 Å². The van der Waals surface area contributed by atoms with Crippen LogP contribution >= 0.6 is 0 Å². The Morgan fingerprint density at radius 3 is 2.70 bits per heavy atom. The fourth-order valence-corrected chi connectivity index (χ4v) is 2.78. The number of aromatic nitrogens is 2. The van der Waals surface area contributed by atoms with E-state index >= 15 is 0 Å². The summed E-state index contributed by atoms with van der Waals surface area (Å²) in [7, 11) is -0.400. The number of hydrogen-bond donors (Lipinski definition) is 2. The van der Waals surface area contributed by atoms with Gasteiger partial charge in [0, 0.05) is 38.8 Å². The van der Waals surface area contributed by atoms with Crippen molar-refractivity contribution in [2.45, 2.75) is 4.90 Å². The summed E-state index contributed by atoms with van der Waals surface area (Å²) < 4.78 is 26.8. The minimum atomic E-state index is -3.96. The van der Waals surface area contributed by atoms with Crippen LogP contribution < -0.4 is 15.1 Å². The van der Waals surface area contributed by atoms with Crippen LogP contribution in [0.1, 0.15) is 0 Å². The summed E-state index contributed by atoms with van der Waals surface area (Å²) in [5.41, 5.74) is 0.378. The Morgan fingerprint density at radius 1 is 1.30 bits per heavy atom. The molecular formula is C12H14N4O3S. The molecule has 0 amide bonds. The van der Waals surface area contributed by atoms with Gasteiger partial charge in [-0.3, -0.25) is 14.5 Å². The predicted octanol–water partition coefficient (Wildman–Crippen LogP) is 0.637. The molecule has 2 aromatic rings. The molecule has 20 heavy (non-hydrogen) atoms. The van der Waals surface area contributed by atoms with Crippen molar-refractivity contribution in [2.75, 3.05) is 23.7 Å². The first-order chi connectivity index (χ1) is 9.42. The number of nitrogens with zero attached hydrogens (tertiary/aromatic N) is 2. The van der Waals surface area contributed by atoms with E-state index < -0.39 is 15.5 Å². The first-order valence-electron chi connectivity index (χ1n) is 5.73. The van der Waals surface area contributed by atoms with Gasteiger partial charge in [-0.2, -0.15) is 0 Å². The fraction of sp³-hybridized carbons (Fsp3) is 0.167.